The summed E-state index contributed by atoms with van der Waals surface area (Å²) in [5.41, 5.74) is -0.941. The Balaban J connectivity index is 1.29. The molecular weight excluding hydrogens is 614 g/mol. The molecule has 0 radical (unpaired) electrons. The Labute approximate surface area is 253 Å². The van der Waals surface area contributed by atoms with Gasteiger partial charge in [0, 0.05) is 55.6 Å². The quantitative estimate of drug-likeness (QED) is 0.204. The first-order valence-electron chi connectivity index (χ1n) is 12.9. The van der Waals surface area contributed by atoms with E-state index < -0.39 is 55.9 Å². The van der Waals surface area contributed by atoms with Gasteiger partial charge in [0.15, 0.2) is 10.9 Å². The molecule has 0 aliphatic heterocycles. The highest BCUT2D eigenvalue weighted by Gasteiger charge is 2.27. The van der Waals surface area contributed by atoms with Crippen LogP contribution in [0.5, 0.6) is 0 Å². The van der Waals surface area contributed by atoms with Crippen molar-refractivity contribution in [2.75, 3.05) is 4.72 Å². The van der Waals surface area contributed by atoms with Crippen LogP contribution < -0.4 is 15.6 Å². The van der Waals surface area contributed by atoms with Crippen LogP contribution in [0.4, 0.5) is 14.5 Å². The van der Waals surface area contributed by atoms with E-state index in [-0.39, 0.29) is 17.7 Å². The number of anilines is 1. The van der Waals surface area contributed by atoms with E-state index >= 15 is 0 Å². The molecule has 0 saturated heterocycles. The van der Waals surface area contributed by atoms with Gasteiger partial charge >= 0.3 is 5.97 Å². The van der Waals surface area contributed by atoms with Crippen molar-refractivity contribution in [3.05, 3.63) is 113 Å². The number of halogens is 2. The van der Waals surface area contributed by atoms with E-state index in [0.717, 1.165) is 6.07 Å². The number of benzene rings is 1. The fourth-order valence-corrected chi connectivity index (χ4v) is 5.22. The number of hydrogen-bond donors (Lipinski definition) is 3. The van der Waals surface area contributed by atoms with Gasteiger partial charge in [-0.05, 0) is 42.5 Å². The van der Waals surface area contributed by atoms with Crippen molar-refractivity contribution in [1.29, 1.82) is 0 Å². The smallest absolute Gasteiger partial charge is 0.326 e. The zero-order valence-corrected chi connectivity index (χ0v) is 23.9. The molecule has 1 amide bonds. The third kappa shape index (κ3) is 6.72. The molecule has 45 heavy (non-hydrogen) atoms. The lowest BCUT2D eigenvalue weighted by atomic mass is 10.1. The number of nitrogens with one attached hydrogen (secondary N) is 2. The van der Waals surface area contributed by atoms with Crippen LogP contribution >= 0.6 is 0 Å². The van der Waals surface area contributed by atoms with E-state index in [0.29, 0.717) is 29.2 Å². The summed E-state index contributed by atoms with van der Waals surface area (Å²) in [6.07, 6.45) is 6.73. The topological polar surface area (TPSA) is 191 Å². The molecule has 0 spiro atoms. The first kappa shape index (κ1) is 30.6. The van der Waals surface area contributed by atoms with E-state index in [1.807, 2.05) is 4.72 Å². The molecule has 0 aliphatic rings. The van der Waals surface area contributed by atoms with Gasteiger partial charge in [-0.25, -0.2) is 33.2 Å². The molecule has 17 heteroatoms. The zero-order valence-electron chi connectivity index (χ0n) is 23.1. The Morgan fingerprint density at radius 3 is 2.24 bits per heavy atom. The fourth-order valence-electron chi connectivity index (χ4n) is 4.25. The normalized spacial score (nSPS) is 12.0. The van der Waals surface area contributed by atoms with Crippen molar-refractivity contribution >= 4 is 27.6 Å². The minimum Gasteiger partial charge on any atom is -0.480 e. The van der Waals surface area contributed by atoms with Crippen molar-refractivity contribution in [3.63, 3.8) is 0 Å². The second-order valence-corrected chi connectivity index (χ2v) is 11.1. The number of carboxylic acids is 1. The lowest BCUT2D eigenvalue weighted by Crippen LogP contribution is -2.43. The molecule has 4 aromatic heterocycles. The average Bonchev–Trinajstić information content (AvgIpc) is 3.34. The summed E-state index contributed by atoms with van der Waals surface area (Å²) in [7, 11) is -2.76. The number of nitrogens with zero attached hydrogens (tertiary/aromatic N) is 6. The molecule has 230 valence electrons. The number of pyridine rings is 2. The van der Waals surface area contributed by atoms with Crippen LogP contribution in [0.3, 0.4) is 0 Å². The second-order valence-electron chi connectivity index (χ2n) is 9.49. The third-order valence-electron chi connectivity index (χ3n) is 6.38. The van der Waals surface area contributed by atoms with Gasteiger partial charge in [-0.1, -0.05) is 0 Å². The van der Waals surface area contributed by atoms with E-state index in [9.17, 15) is 36.7 Å². The monoisotopic (exact) mass is 636 g/mol. The number of rotatable bonds is 10. The molecule has 0 aliphatic carbocycles. The molecule has 0 unspecified atom stereocenters. The van der Waals surface area contributed by atoms with Crippen LogP contribution in [0, 0.1) is 11.6 Å². The van der Waals surface area contributed by atoms with Gasteiger partial charge in [0.1, 0.15) is 23.2 Å². The Morgan fingerprint density at radius 2 is 1.69 bits per heavy atom. The molecule has 5 aromatic rings. The van der Waals surface area contributed by atoms with Crippen LogP contribution in [0.15, 0.2) is 89.3 Å². The van der Waals surface area contributed by atoms with E-state index in [1.54, 1.807) is 19.3 Å². The molecule has 1 atom stereocenters. The van der Waals surface area contributed by atoms with Gasteiger partial charge in [-0.2, -0.15) is 8.42 Å². The maximum absolute atomic E-state index is 14.9. The molecular formula is C28H22F2N8O6S. The number of carbonyl (C=O) groups excluding carboxylic acids is 1. The predicted octanol–water partition coefficient (Wildman–Crippen LogP) is 1.93. The Hall–Kier alpha value is -5.84. The Kier molecular flexibility index (Phi) is 8.44. The first-order valence-corrected chi connectivity index (χ1v) is 14.4. The first-order chi connectivity index (χ1) is 21.4. The molecule has 14 nitrogen and oxygen atoms in total. The summed E-state index contributed by atoms with van der Waals surface area (Å²) >= 11 is 0. The van der Waals surface area contributed by atoms with Gasteiger partial charge in [-0.3, -0.25) is 24.0 Å². The largest absolute Gasteiger partial charge is 0.480 e. The highest BCUT2D eigenvalue weighted by Crippen LogP contribution is 2.23. The standard InChI is InChI=1S/C28H22F2N8O6S/c1-37-10-7-24(39)38(37)19-5-4-17(33-15-19)13-22(28(41)42)35-27(40)25-20(29)11-18(12-21(25)30)36-45(43,44)23-6-3-16(14-34-23)26-31-8-2-9-32-26/h2-12,14-15,22,36H,13H2,1H3,(H,35,40)(H,41,42)/t22-/m0/s1. The molecule has 0 bridgehead atoms. The average molecular weight is 637 g/mol. The molecule has 0 fully saturated rings. The number of carbonyl (C=O) groups is 2. The number of amides is 1. The van der Waals surface area contributed by atoms with Crippen molar-refractivity contribution in [3.8, 4) is 17.1 Å². The molecule has 3 N–H and O–H groups in total. The summed E-state index contributed by atoms with van der Waals surface area (Å²) in [6, 6.07) is 7.97. The summed E-state index contributed by atoms with van der Waals surface area (Å²) in [4.78, 5) is 52.7. The number of aromatic nitrogens is 6. The Morgan fingerprint density at radius 1 is 0.978 bits per heavy atom. The second kappa shape index (κ2) is 12.4. The minimum absolute atomic E-state index is 0.206. The number of carboxylic acid groups (broad SMARTS) is 1. The predicted molar refractivity (Wildman–Crippen MR) is 154 cm³/mol. The molecule has 1 aromatic carbocycles. The number of aliphatic carboxylic acids is 1. The summed E-state index contributed by atoms with van der Waals surface area (Å²) < 4.78 is 60.3. The summed E-state index contributed by atoms with van der Waals surface area (Å²) in [5.74, 6) is -5.49. The number of aryl methyl sites for hydroxylation is 1. The van der Waals surface area contributed by atoms with Crippen LogP contribution in [-0.4, -0.2) is 60.7 Å². The van der Waals surface area contributed by atoms with Gasteiger partial charge in [0.2, 0.25) is 0 Å². The van der Waals surface area contributed by atoms with Gasteiger partial charge < -0.3 is 10.4 Å². The number of sulfonamides is 1. The van der Waals surface area contributed by atoms with Crippen LogP contribution in [-0.2, 0) is 28.3 Å². The summed E-state index contributed by atoms with van der Waals surface area (Å²) in [6.45, 7) is 0. The highest BCUT2D eigenvalue weighted by atomic mass is 32.2. The lowest BCUT2D eigenvalue weighted by Gasteiger charge is -2.16. The van der Waals surface area contributed by atoms with Crippen LogP contribution in [0.1, 0.15) is 16.1 Å². The van der Waals surface area contributed by atoms with Crippen LogP contribution in [0.25, 0.3) is 17.1 Å². The zero-order chi connectivity index (χ0) is 32.3. The van der Waals surface area contributed by atoms with Crippen molar-refractivity contribution in [2.45, 2.75) is 17.5 Å². The fraction of sp³-hybridized carbons (Fsp3) is 0.107. The maximum Gasteiger partial charge on any atom is 0.326 e. The van der Waals surface area contributed by atoms with E-state index in [1.165, 1.54) is 58.4 Å². The number of hydrogen-bond acceptors (Lipinski definition) is 9. The van der Waals surface area contributed by atoms with Gasteiger partial charge in [0.05, 0.1) is 17.6 Å². The molecule has 4 heterocycles. The van der Waals surface area contributed by atoms with E-state index in [2.05, 4.69) is 25.3 Å². The molecule has 0 saturated carbocycles. The Bertz CT molecular complexity index is 2030. The van der Waals surface area contributed by atoms with Gasteiger partial charge in [0.25, 0.3) is 21.5 Å². The van der Waals surface area contributed by atoms with Crippen molar-refractivity contribution in [2.24, 2.45) is 7.05 Å². The van der Waals surface area contributed by atoms with E-state index in [4.69, 9.17) is 0 Å². The summed E-state index contributed by atoms with van der Waals surface area (Å²) in [5, 5.41) is 11.2. The highest BCUT2D eigenvalue weighted by molar-refractivity contribution is 7.92. The third-order valence-corrected chi connectivity index (χ3v) is 7.68. The van der Waals surface area contributed by atoms with Crippen molar-refractivity contribution in [1.82, 2.24) is 34.6 Å². The van der Waals surface area contributed by atoms with Crippen LogP contribution in [0.2, 0.25) is 0 Å². The van der Waals surface area contributed by atoms with Gasteiger partial charge in [-0.15, -0.1) is 0 Å². The minimum atomic E-state index is -4.41. The lowest BCUT2D eigenvalue weighted by molar-refractivity contribution is -0.139. The maximum atomic E-state index is 14.9. The SMILES string of the molecule is Cn1ccc(=O)n1-c1ccc(C[C@H](NC(=O)c2c(F)cc(NS(=O)(=O)c3ccc(-c4ncccn4)cn3)cc2F)C(=O)O)nc1. The van der Waals surface area contributed by atoms with Crippen molar-refractivity contribution < 1.29 is 31.9 Å². The molecule has 5 rings (SSSR count).